The first-order chi connectivity index (χ1) is 11.7. The monoisotopic (exact) mass is 364 g/mol. The second-order valence-corrected chi connectivity index (χ2v) is 7.97. The van der Waals surface area contributed by atoms with Gasteiger partial charge in [0.05, 0.1) is 5.69 Å². The molecular weight excluding hydrogens is 340 g/mol. The van der Waals surface area contributed by atoms with Gasteiger partial charge in [-0.15, -0.1) is 0 Å². The number of hydrogen-bond donors (Lipinski definition) is 0. The summed E-state index contributed by atoms with van der Waals surface area (Å²) in [7, 11) is 0. The first kappa shape index (κ1) is 18.0. The van der Waals surface area contributed by atoms with Gasteiger partial charge in [-0.25, -0.2) is 14.8 Å². The van der Waals surface area contributed by atoms with E-state index in [1.54, 1.807) is 4.40 Å². The summed E-state index contributed by atoms with van der Waals surface area (Å²) in [5, 5.41) is 0.567. The third-order valence-corrected chi connectivity index (χ3v) is 4.73. The van der Waals surface area contributed by atoms with Gasteiger partial charge < -0.3 is 9.64 Å². The van der Waals surface area contributed by atoms with Crippen LogP contribution in [0.3, 0.4) is 0 Å². The lowest BCUT2D eigenvalue weighted by Crippen LogP contribution is -2.47. The van der Waals surface area contributed by atoms with Crippen molar-refractivity contribution in [1.82, 2.24) is 19.3 Å². The number of aromatic nitrogens is 3. The van der Waals surface area contributed by atoms with Crippen LogP contribution in [0, 0.1) is 6.92 Å². The maximum absolute atomic E-state index is 12.5. The fourth-order valence-corrected chi connectivity index (χ4v) is 3.41. The number of likely N-dealkylation sites (tertiary alicyclic amines) is 1. The lowest BCUT2D eigenvalue weighted by molar-refractivity contribution is 0.00986. The maximum atomic E-state index is 12.5. The number of nitrogens with zero attached hydrogens (tertiary/aromatic N) is 4. The van der Waals surface area contributed by atoms with Gasteiger partial charge in [0.15, 0.2) is 0 Å². The normalized spacial score (nSPS) is 18.6. The molecule has 0 N–H and O–H groups in total. The average Bonchev–Trinajstić information content (AvgIpc) is 2.81. The highest BCUT2D eigenvalue weighted by atomic mass is 35.5. The van der Waals surface area contributed by atoms with E-state index in [9.17, 15) is 4.79 Å². The number of fused-ring (bicyclic) bond motifs is 1. The van der Waals surface area contributed by atoms with Gasteiger partial charge in [-0.1, -0.05) is 11.6 Å². The van der Waals surface area contributed by atoms with Crippen LogP contribution in [0.25, 0.3) is 5.78 Å². The molecule has 0 spiro atoms. The molecular formula is C18H25ClN4O2. The van der Waals surface area contributed by atoms with Crippen molar-refractivity contribution in [3.8, 4) is 0 Å². The fraction of sp³-hybridized carbons (Fsp3) is 0.611. The molecule has 6 nitrogen and oxygen atoms in total. The van der Waals surface area contributed by atoms with Crippen molar-refractivity contribution in [2.75, 3.05) is 6.54 Å². The first-order valence-electron chi connectivity index (χ1n) is 8.74. The van der Waals surface area contributed by atoms with Crippen molar-refractivity contribution in [3.63, 3.8) is 0 Å². The molecule has 1 atom stereocenters. The number of carbonyl (C=O) groups excluding carboxylic acids is 1. The summed E-state index contributed by atoms with van der Waals surface area (Å²) in [6, 6.07) is 1.95. The van der Waals surface area contributed by atoms with E-state index >= 15 is 0 Å². The minimum Gasteiger partial charge on any atom is -0.444 e. The van der Waals surface area contributed by atoms with Gasteiger partial charge in [0.25, 0.3) is 0 Å². The molecule has 0 aliphatic carbocycles. The molecule has 0 aromatic carbocycles. The van der Waals surface area contributed by atoms with Crippen molar-refractivity contribution in [2.45, 2.75) is 65.0 Å². The van der Waals surface area contributed by atoms with Crippen LogP contribution in [0.5, 0.6) is 0 Å². The first-order valence-corrected chi connectivity index (χ1v) is 9.12. The Labute approximate surface area is 153 Å². The summed E-state index contributed by atoms with van der Waals surface area (Å²) in [6.45, 7) is 8.29. The number of aryl methyl sites for hydroxylation is 1. The smallest absolute Gasteiger partial charge is 0.410 e. The molecule has 3 rings (SSSR count). The van der Waals surface area contributed by atoms with E-state index in [1.807, 2.05) is 44.9 Å². The predicted molar refractivity (Wildman–Crippen MR) is 97.0 cm³/mol. The van der Waals surface area contributed by atoms with E-state index in [-0.39, 0.29) is 12.1 Å². The average molecular weight is 365 g/mol. The van der Waals surface area contributed by atoms with E-state index in [0.717, 1.165) is 30.7 Å². The Bertz CT molecular complexity index is 781. The molecule has 0 unspecified atom stereocenters. The minimum atomic E-state index is -0.499. The second kappa shape index (κ2) is 6.83. The Balaban J connectivity index is 1.82. The van der Waals surface area contributed by atoms with Crippen LogP contribution < -0.4 is 0 Å². The minimum absolute atomic E-state index is 0.0482. The zero-order valence-corrected chi connectivity index (χ0v) is 16.0. The summed E-state index contributed by atoms with van der Waals surface area (Å²) in [5.41, 5.74) is 1.18. The van der Waals surface area contributed by atoms with Gasteiger partial charge in [-0.05, 0) is 53.0 Å². The number of piperidine rings is 1. The van der Waals surface area contributed by atoms with Crippen molar-refractivity contribution in [1.29, 1.82) is 0 Å². The number of amides is 1. The number of imidazole rings is 1. The highest BCUT2D eigenvalue weighted by Gasteiger charge is 2.31. The Morgan fingerprint density at radius 2 is 2.12 bits per heavy atom. The van der Waals surface area contributed by atoms with Gasteiger partial charge in [0.1, 0.15) is 10.8 Å². The van der Waals surface area contributed by atoms with Crippen molar-refractivity contribution in [3.05, 3.63) is 28.8 Å². The predicted octanol–water partition coefficient (Wildman–Crippen LogP) is 4.02. The molecule has 1 aliphatic rings. The van der Waals surface area contributed by atoms with Gasteiger partial charge in [-0.3, -0.25) is 4.40 Å². The molecule has 0 saturated carbocycles. The van der Waals surface area contributed by atoms with Gasteiger partial charge in [-0.2, -0.15) is 0 Å². The summed E-state index contributed by atoms with van der Waals surface area (Å²) in [4.78, 5) is 23.4. The van der Waals surface area contributed by atoms with Crippen LogP contribution in [0.4, 0.5) is 4.79 Å². The molecule has 1 aliphatic heterocycles. The van der Waals surface area contributed by atoms with Crippen molar-refractivity contribution >= 4 is 23.5 Å². The van der Waals surface area contributed by atoms with Crippen LogP contribution in [-0.4, -0.2) is 43.5 Å². The van der Waals surface area contributed by atoms with Crippen molar-refractivity contribution in [2.24, 2.45) is 0 Å². The molecule has 136 valence electrons. The molecule has 1 amide bonds. The standard InChI is InChI=1S/C18H25ClN4O2/c1-12-8-10-23-15(19)14(21-16(23)20-12)11-13-7-5-6-9-22(13)17(24)25-18(2,3)4/h8,10,13H,5-7,9,11H2,1-4H3/t13-/m0/s1. The summed E-state index contributed by atoms with van der Waals surface area (Å²) < 4.78 is 7.35. The fourth-order valence-electron chi connectivity index (χ4n) is 3.16. The van der Waals surface area contributed by atoms with Crippen LogP contribution >= 0.6 is 11.6 Å². The van der Waals surface area contributed by atoms with E-state index in [2.05, 4.69) is 9.97 Å². The molecule has 2 aromatic heterocycles. The molecule has 1 fully saturated rings. The largest absolute Gasteiger partial charge is 0.444 e. The molecule has 2 aromatic rings. The second-order valence-electron chi connectivity index (χ2n) is 7.62. The molecule has 1 saturated heterocycles. The number of carbonyl (C=O) groups is 1. The van der Waals surface area contributed by atoms with E-state index in [4.69, 9.17) is 16.3 Å². The Morgan fingerprint density at radius 3 is 2.84 bits per heavy atom. The number of ether oxygens (including phenoxy) is 1. The van der Waals surface area contributed by atoms with Crippen molar-refractivity contribution < 1.29 is 9.53 Å². The lowest BCUT2D eigenvalue weighted by Gasteiger charge is -2.36. The highest BCUT2D eigenvalue weighted by molar-refractivity contribution is 6.30. The van der Waals surface area contributed by atoms with Crippen LogP contribution in [0.2, 0.25) is 5.15 Å². The third-order valence-electron chi connectivity index (χ3n) is 4.33. The topological polar surface area (TPSA) is 59.7 Å². The van der Waals surface area contributed by atoms with E-state index in [1.165, 1.54) is 0 Å². The zero-order valence-electron chi connectivity index (χ0n) is 15.3. The molecule has 7 heteroatoms. The van der Waals surface area contributed by atoms with Gasteiger partial charge in [0, 0.05) is 30.9 Å². The Morgan fingerprint density at radius 1 is 1.36 bits per heavy atom. The Hall–Kier alpha value is -1.82. The van der Waals surface area contributed by atoms with Crippen LogP contribution in [0.1, 0.15) is 51.4 Å². The number of rotatable bonds is 2. The van der Waals surface area contributed by atoms with Crippen LogP contribution in [-0.2, 0) is 11.2 Å². The SMILES string of the molecule is Cc1ccn2c(Cl)c(C[C@@H]3CCCCN3C(=O)OC(C)(C)C)nc2n1. The maximum Gasteiger partial charge on any atom is 0.410 e. The highest BCUT2D eigenvalue weighted by Crippen LogP contribution is 2.26. The van der Waals surface area contributed by atoms with Gasteiger partial charge in [0.2, 0.25) is 5.78 Å². The molecule has 0 bridgehead atoms. The number of hydrogen-bond acceptors (Lipinski definition) is 4. The Kier molecular flexibility index (Phi) is 4.91. The van der Waals surface area contributed by atoms with Gasteiger partial charge >= 0.3 is 6.09 Å². The lowest BCUT2D eigenvalue weighted by atomic mass is 9.98. The van der Waals surface area contributed by atoms with Crippen LogP contribution in [0.15, 0.2) is 12.3 Å². The quantitative estimate of drug-likeness (QED) is 0.807. The molecule has 0 radical (unpaired) electrons. The van der Waals surface area contributed by atoms with E-state index < -0.39 is 5.60 Å². The summed E-state index contributed by atoms with van der Waals surface area (Å²) in [6.07, 6.45) is 5.24. The summed E-state index contributed by atoms with van der Waals surface area (Å²) >= 11 is 6.49. The molecule has 25 heavy (non-hydrogen) atoms. The van der Waals surface area contributed by atoms with E-state index in [0.29, 0.717) is 23.9 Å². The molecule has 3 heterocycles. The summed E-state index contributed by atoms with van der Waals surface area (Å²) in [5.74, 6) is 0.597. The number of halogens is 1. The third kappa shape index (κ3) is 4.06. The zero-order chi connectivity index (χ0) is 18.2.